The molecule has 0 radical (unpaired) electrons. The second-order valence-electron chi connectivity index (χ2n) is 5.50. The highest BCUT2D eigenvalue weighted by Crippen LogP contribution is 2.08. The van der Waals surface area contributed by atoms with Crippen molar-refractivity contribution in [3.63, 3.8) is 0 Å². The van der Waals surface area contributed by atoms with Crippen LogP contribution in [0.5, 0.6) is 0 Å². The van der Waals surface area contributed by atoms with Crippen LogP contribution < -0.4 is 11.1 Å². The number of aromatic nitrogens is 3. The summed E-state index contributed by atoms with van der Waals surface area (Å²) in [4.78, 5) is 8.52. The van der Waals surface area contributed by atoms with Crippen molar-refractivity contribution in [1.29, 1.82) is 0 Å². The fraction of sp³-hybridized carbons (Fsp3) is 0.357. The summed E-state index contributed by atoms with van der Waals surface area (Å²) in [6.07, 6.45) is 1.52. The van der Waals surface area contributed by atoms with Crippen LogP contribution in [0.4, 0.5) is 0 Å². The second-order valence-corrected chi connectivity index (χ2v) is 5.50. The highest BCUT2D eigenvalue weighted by molar-refractivity contribution is 5.78. The average Bonchev–Trinajstić information content (AvgIpc) is 2.83. The Morgan fingerprint density at radius 1 is 1.30 bits per heavy atom. The van der Waals surface area contributed by atoms with E-state index in [1.165, 1.54) is 6.33 Å². The first-order valence-corrected chi connectivity index (χ1v) is 6.48. The van der Waals surface area contributed by atoms with E-state index in [1.807, 2.05) is 51.1 Å². The third-order valence-corrected chi connectivity index (χ3v) is 2.51. The minimum atomic E-state index is -0.110. The van der Waals surface area contributed by atoms with Gasteiger partial charge in [0.05, 0.1) is 5.69 Å². The van der Waals surface area contributed by atoms with Crippen LogP contribution in [0.25, 0.3) is 5.69 Å². The Bertz CT molecular complexity index is 579. The first-order valence-electron chi connectivity index (χ1n) is 6.48. The zero-order valence-corrected chi connectivity index (χ0v) is 12.0. The number of nitrogens with two attached hydrogens (primary N) is 1. The number of hydrogen-bond acceptors (Lipinski definition) is 3. The molecule has 0 atom stereocenters. The maximum atomic E-state index is 5.85. The Morgan fingerprint density at radius 3 is 2.65 bits per heavy atom. The lowest BCUT2D eigenvalue weighted by molar-refractivity contribution is 0.508. The van der Waals surface area contributed by atoms with Crippen LogP contribution in [-0.4, -0.2) is 26.3 Å². The van der Waals surface area contributed by atoms with Crippen LogP contribution in [-0.2, 0) is 6.54 Å². The third-order valence-electron chi connectivity index (χ3n) is 2.51. The summed E-state index contributed by atoms with van der Waals surface area (Å²) in [6, 6.07) is 9.82. The van der Waals surface area contributed by atoms with Gasteiger partial charge >= 0.3 is 0 Å². The third kappa shape index (κ3) is 3.81. The van der Waals surface area contributed by atoms with Crippen molar-refractivity contribution >= 4 is 5.96 Å². The molecule has 0 aliphatic rings. The van der Waals surface area contributed by atoms with Crippen LogP contribution in [0.15, 0.2) is 41.7 Å². The number of para-hydroxylation sites is 1. The molecular weight excluding hydrogens is 252 g/mol. The predicted molar refractivity (Wildman–Crippen MR) is 79.6 cm³/mol. The Labute approximate surface area is 118 Å². The molecule has 0 aliphatic heterocycles. The van der Waals surface area contributed by atoms with E-state index in [0.29, 0.717) is 12.5 Å². The first-order chi connectivity index (χ1) is 9.46. The normalized spacial score (nSPS) is 12.4. The van der Waals surface area contributed by atoms with E-state index in [0.717, 1.165) is 11.5 Å². The lowest BCUT2D eigenvalue weighted by Gasteiger charge is -2.20. The van der Waals surface area contributed by atoms with Crippen molar-refractivity contribution in [2.24, 2.45) is 10.7 Å². The summed E-state index contributed by atoms with van der Waals surface area (Å²) < 4.78 is 1.76. The van der Waals surface area contributed by atoms with E-state index < -0.39 is 0 Å². The molecule has 0 saturated carbocycles. The van der Waals surface area contributed by atoms with Gasteiger partial charge in [-0.25, -0.2) is 14.7 Å². The second kappa shape index (κ2) is 5.73. The topological polar surface area (TPSA) is 81.1 Å². The van der Waals surface area contributed by atoms with Crippen molar-refractivity contribution < 1.29 is 0 Å². The molecule has 106 valence electrons. The maximum absolute atomic E-state index is 5.85. The van der Waals surface area contributed by atoms with Gasteiger partial charge in [-0.3, -0.25) is 0 Å². The van der Waals surface area contributed by atoms with Crippen LogP contribution in [0.1, 0.15) is 26.6 Å². The van der Waals surface area contributed by atoms with Gasteiger partial charge in [0.1, 0.15) is 12.9 Å². The van der Waals surface area contributed by atoms with E-state index in [9.17, 15) is 0 Å². The molecule has 20 heavy (non-hydrogen) atoms. The molecule has 0 unspecified atom stereocenters. The monoisotopic (exact) mass is 272 g/mol. The summed E-state index contributed by atoms with van der Waals surface area (Å²) >= 11 is 0. The molecule has 0 bridgehead atoms. The molecule has 1 heterocycles. The first kappa shape index (κ1) is 14.0. The summed E-state index contributed by atoms with van der Waals surface area (Å²) in [5, 5.41) is 7.33. The highest BCUT2D eigenvalue weighted by Gasteiger charge is 2.10. The molecule has 0 saturated heterocycles. The molecule has 2 aromatic rings. The van der Waals surface area contributed by atoms with Gasteiger partial charge in [0.15, 0.2) is 11.8 Å². The molecule has 6 nitrogen and oxygen atoms in total. The molecular formula is C14H20N6. The van der Waals surface area contributed by atoms with Crippen LogP contribution in [0.2, 0.25) is 0 Å². The number of benzene rings is 1. The van der Waals surface area contributed by atoms with E-state index in [-0.39, 0.29) is 5.54 Å². The van der Waals surface area contributed by atoms with E-state index in [2.05, 4.69) is 20.4 Å². The lowest BCUT2D eigenvalue weighted by Crippen LogP contribution is -2.45. The summed E-state index contributed by atoms with van der Waals surface area (Å²) in [5.41, 5.74) is 6.69. The summed E-state index contributed by atoms with van der Waals surface area (Å²) in [7, 11) is 0. The van der Waals surface area contributed by atoms with Crippen molar-refractivity contribution in [1.82, 2.24) is 20.1 Å². The van der Waals surface area contributed by atoms with Gasteiger partial charge in [0.2, 0.25) is 0 Å². The summed E-state index contributed by atoms with van der Waals surface area (Å²) in [6.45, 7) is 6.47. The fourth-order valence-electron chi connectivity index (χ4n) is 1.74. The molecule has 2 rings (SSSR count). The Kier molecular flexibility index (Phi) is 4.02. The predicted octanol–water partition coefficient (Wildman–Crippen LogP) is 1.47. The van der Waals surface area contributed by atoms with E-state index in [4.69, 9.17) is 5.73 Å². The number of guanidine groups is 1. The standard InChI is InChI=1S/C14H20N6/c1-14(2,3)19-13(15)16-9-12-17-10-18-20(12)11-7-5-4-6-8-11/h4-8,10H,9H2,1-3H3,(H3,15,16,19). The highest BCUT2D eigenvalue weighted by atomic mass is 15.3. The molecule has 0 amide bonds. The van der Waals surface area contributed by atoms with Gasteiger partial charge in [0.25, 0.3) is 0 Å². The molecule has 1 aromatic heterocycles. The minimum Gasteiger partial charge on any atom is -0.370 e. The Balaban J connectivity index is 2.12. The van der Waals surface area contributed by atoms with Gasteiger partial charge in [-0.1, -0.05) is 18.2 Å². The SMILES string of the molecule is CC(C)(C)NC(N)=NCc1ncnn1-c1ccccc1. The Morgan fingerprint density at radius 2 is 2.00 bits per heavy atom. The van der Waals surface area contributed by atoms with Crippen molar-refractivity contribution in [3.8, 4) is 5.69 Å². The molecule has 0 spiro atoms. The molecule has 3 N–H and O–H groups in total. The van der Waals surface area contributed by atoms with Crippen LogP contribution >= 0.6 is 0 Å². The smallest absolute Gasteiger partial charge is 0.189 e. The molecule has 0 aliphatic carbocycles. The van der Waals surface area contributed by atoms with Crippen LogP contribution in [0, 0.1) is 0 Å². The maximum Gasteiger partial charge on any atom is 0.189 e. The lowest BCUT2D eigenvalue weighted by atomic mass is 10.1. The number of nitrogens with one attached hydrogen (secondary N) is 1. The molecule has 0 fully saturated rings. The van der Waals surface area contributed by atoms with Gasteiger partial charge in [0, 0.05) is 5.54 Å². The zero-order valence-electron chi connectivity index (χ0n) is 12.0. The zero-order chi connectivity index (χ0) is 14.6. The Hall–Kier alpha value is -2.37. The number of hydrogen-bond donors (Lipinski definition) is 2. The van der Waals surface area contributed by atoms with E-state index >= 15 is 0 Å². The summed E-state index contributed by atoms with van der Waals surface area (Å²) in [5.74, 6) is 1.15. The largest absolute Gasteiger partial charge is 0.370 e. The van der Waals surface area contributed by atoms with Gasteiger partial charge in [-0.15, -0.1) is 0 Å². The fourth-order valence-corrected chi connectivity index (χ4v) is 1.74. The number of nitrogens with zero attached hydrogens (tertiary/aromatic N) is 4. The van der Waals surface area contributed by atoms with Gasteiger partial charge < -0.3 is 11.1 Å². The number of aliphatic imine (C=N–C) groups is 1. The van der Waals surface area contributed by atoms with Crippen molar-refractivity contribution in [2.75, 3.05) is 0 Å². The van der Waals surface area contributed by atoms with Gasteiger partial charge in [-0.2, -0.15) is 5.10 Å². The van der Waals surface area contributed by atoms with Crippen LogP contribution in [0.3, 0.4) is 0 Å². The minimum absolute atomic E-state index is 0.110. The van der Waals surface area contributed by atoms with Gasteiger partial charge in [-0.05, 0) is 32.9 Å². The average molecular weight is 272 g/mol. The molecule has 1 aromatic carbocycles. The van der Waals surface area contributed by atoms with E-state index in [1.54, 1.807) is 4.68 Å². The molecule has 6 heteroatoms. The van der Waals surface area contributed by atoms with Crippen molar-refractivity contribution in [2.45, 2.75) is 32.9 Å². The number of rotatable bonds is 3. The van der Waals surface area contributed by atoms with Crippen molar-refractivity contribution in [3.05, 3.63) is 42.5 Å². The quantitative estimate of drug-likeness (QED) is 0.655.